The molecule has 0 aliphatic rings. The second-order valence-corrected chi connectivity index (χ2v) is 9.37. The first-order valence-corrected chi connectivity index (χ1v) is 12.2. The molecule has 0 radical (unpaired) electrons. The molecular weight excluding hydrogens is 491 g/mol. The van der Waals surface area contributed by atoms with Crippen LogP contribution in [-0.2, 0) is 4.79 Å². The van der Waals surface area contributed by atoms with Gasteiger partial charge in [-0.2, -0.15) is 0 Å². The number of halogens is 1. The van der Waals surface area contributed by atoms with Crippen LogP contribution in [0.3, 0.4) is 0 Å². The number of aryl methyl sites for hydroxylation is 1. The highest BCUT2D eigenvalue weighted by atomic mass is 32.2. The van der Waals surface area contributed by atoms with Crippen LogP contribution in [0.5, 0.6) is 0 Å². The smallest absolute Gasteiger partial charge is 0.335 e. The highest BCUT2D eigenvalue weighted by molar-refractivity contribution is 8.00. The van der Waals surface area contributed by atoms with E-state index in [1.807, 2.05) is 30.3 Å². The number of hydrogen-bond donors (Lipinski definition) is 3. The lowest BCUT2D eigenvalue weighted by Crippen LogP contribution is -2.20. The van der Waals surface area contributed by atoms with Crippen LogP contribution in [0, 0.1) is 12.7 Å². The largest absolute Gasteiger partial charge is 0.478 e. The molecule has 3 N–H and O–H groups in total. The summed E-state index contributed by atoms with van der Waals surface area (Å²) >= 11 is 1.31. The molecule has 37 heavy (non-hydrogen) atoms. The highest BCUT2D eigenvalue weighted by Gasteiger charge is 2.23. The molecule has 0 heterocycles. The molecule has 0 saturated carbocycles. The zero-order valence-corrected chi connectivity index (χ0v) is 20.6. The monoisotopic (exact) mass is 514 g/mol. The Morgan fingerprint density at radius 1 is 0.838 bits per heavy atom. The van der Waals surface area contributed by atoms with E-state index < -0.39 is 22.9 Å². The maximum absolute atomic E-state index is 13.9. The molecule has 4 aromatic rings. The van der Waals surface area contributed by atoms with Crippen molar-refractivity contribution in [1.82, 2.24) is 0 Å². The van der Waals surface area contributed by atoms with Crippen molar-refractivity contribution in [2.24, 2.45) is 0 Å². The predicted octanol–water partition coefficient (Wildman–Crippen LogP) is 6.56. The molecule has 6 nitrogen and oxygen atoms in total. The van der Waals surface area contributed by atoms with Crippen LogP contribution in [-0.4, -0.2) is 22.9 Å². The molecule has 8 heteroatoms. The topological polar surface area (TPSA) is 95.5 Å². The summed E-state index contributed by atoms with van der Waals surface area (Å²) in [7, 11) is 0. The second kappa shape index (κ2) is 11.5. The molecule has 0 bridgehead atoms. The van der Waals surface area contributed by atoms with Crippen LogP contribution in [0.1, 0.15) is 37.1 Å². The molecule has 0 spiro atoms. The van der Waals surface area contributed by atoms with E-state index in [2.05, 4.69) is 10.6 Å². The SMILES string of the molecule is Cc1ccc(C(=O)O)cc1NC(=O)C(Sc1ccc(NC(=O)c2ccccc2F)cc1)c1ccccc1. The molecule has 0 aliphatic heterocycles. The normalized spacial score (nSPS) is 11.4. The molecule has 1 atom stereocenters. The van der Waals surface area contributed by atoms with Gasteiger partial charge in [0.15, 0.2) is 0 Å². The van der Waals surface area contributed by atoms with E-state index >= 15 is 0 Å². The molecule has 0 aromatic heterocycles. The minimum atomic E-state index is -1.08. The Balaban J connectivity index is 1.52. The van der Waals surface area contributed by atoms with E-state index in [9.17, 15) is 23.9 Å². The van der Waals surface area contributed by atoms with Crippen molar-refractivity contribution in [2.45, 2.75) is 17.1 Å². The molecule has 4 rings (SSSR count). The summed E-state index contributed by atoms with van der Waals surface area (Å²) in [6.07, 6.45) is 0. The lowest BCUT2D eigenvalue weighted by molar-refractivity contribution is -0.115. The summed E-state index contributed by atoms with van der Waals surface area (Å²) in [6, 6.07) is 26.4. The average molecular weight is 515 g/mol. The Morgan fingerprint density at radius 3 is 2.19 bits per heavy atom. The molecular formula is C29H23FN2O4S. The van der Waals surface area contributed by atoms with Gasteiger partial charge in [0, 0.05) is 16.3 Å². The van der Waals surface area contributed by atoms with E-state index in [4.69, 9.17) is 0 Å². The second-order valence-electron chi connectivity index (χ2n) is 8.19. The number of hydrogen-bond acceptors (Lipinski definition) is 4. The zero-order chi connectivity index (χ0) is 26.4. The van der Waals surface area contributed by atoms with Crippen LogP contribution in [0.15, 0.2) is 102 Å². The van der Waals surface area contributed by atoms with Crippen molar-refractivity contribution in [1.29, 1.82) is 0 Å². The number of carboxylic acid groups (broad SMARTS) is 1. The fraction of sp³-hybridized carbons (Fsp3) is 0.0690. The fourth-order valence-corrected chi connectivity index (χ4v) is 4.61. The standard InChI is InChI=1S/C29H23FN2O4S/c1-18-11-12-20(29(35)36)17-25(18)32-28(34)26(19-7-3-2-4-8-19)37-22-15-13-21(14-16-22)31-27(33)23-9-5-6-10-24(23)30/h2-17,26H,1H3,(H,31,33)(H,32,34)(H,35,36). The summed E-state index contributed by atoms with van der Waals surface area (Å²) < 4.78 is 13.9. The number of benzene rings is 4. The van der Waals surface area contributed by atoms with Gasteiger partial charge in [0.1, 0.15) is 11.1 Å². The molecule has 0 fully saturated rings. The van der Waals surface area contributed by atoms with Crippen molar-refractivity contribution in [3.63, 3.8) is 0 Å². The lowest BCUT2D eigenvalue weighted by atomic mass is 10.1. The number of aromatic carboxylic acids is 1. The van der Waals surface area contributed by atoms with Crippen molar-refractivity contribution < 1.29 is 23.9 Å². The van der Waals surface area contributed by atoms with Crippen molar-refractivity contribution in [3.05, 3.63) is 125 Å². The van der Waals surface area contributed by atoms with Crippen LogP contribution in [0.4, 0.5) is 15.8 Å². The van der Waals surface area contributed by atoms with E-state index in [1.165, 1.54) is 42.1 Å². The van der Waals surface area contributed by atoms with Gasteiger partial charge in [-0.15, -0.1) is 11.8 Å². The van der Waals surface area contributed by atoms with Gasteiger partial charge in [0.2, 0.25) is 5.91 Å². The number of thioether (sulfide) groups is 1. The minimum Gasteiger partial charge on any atom is -0.478 e. The Labute approximate surface area is 217 Å². The fourth-order valence-electron chi connectivity index (χ4n) is 3.59. The van der Waals surface area contributed by atoms with E-state index in [1.54, 1.807) is 43.3 Å². The third kappa shape index (κ3) is 6.42. The van der Waals surface area contributed by atoms with Gasteiger partial charge in [0.05, 0.1) is 11.1 Å². The van der Waals surface area contributed by atoms with E-state index in [0.717, 1.165) is 16.0 Å². The third-order valence-electron chi connectivity index (χ3n) is 5.57. The third-order valence-corrected chi connectivity index (χ3v) is 6.83. The van der Waals surface area contributed by atoms with E-state index in [-0.39, 0.29) is 17.0 Å². The molecule has 0 saturated heterocycles. The molecule has 2 amide bonds. The van der Waals surface area contributed by atoms with Crippen LogP contribution >= 0.6 is 11.8 Å². The van der Waals surface area contributed by atoms with Crippen molar-refractivity contribution in [2.75, 3.05) is 10.6 Å². The summed E-state index contributed by atoms with van der Waals surface area (Å²) in [5.74, 6) is -2.54. The Kier molecular flexibility index (Phi) is 8.00. The number of rotatable bonds is 8. The van der Waals surface area contributed by atoms with Gasteiger partial charge in [-0.3, -0.25) is 9.59 Å². The summed E-state index contributed by atoms with van der Waals surface area (Å²) in [5, 5.41) is 14.2. The Bertz CT molecular complexity index is 1440. The zero-order valence-electron chi connectivity index (χ0n) is 19.8. The van der Waals surface area contributed by atoms with Crippen molar-refractivity contribution >= 4 is 40.9 Å². The highest BCUT2D eigenvalue weighted by Crippen LogP contribution is 2.37. The first kappa shape index (κ1) is 25.7. The summed E-state index contributed by atoms with van der Waals surface area (Å²) in [6.45, 7) is 1.79. The van der Waals surface area contributed by atoms with Gasteiger partial charge >= 0.3 is 5.97 Å². The van der Waals surface area contributed by atoms with E-state index in [0.29, 0.717) is 11.4 Å². The maximum Gasteiger partial charge on any atom is 0.335 e. The number of nitrogens with one attached hydrogen (secondary N) is 2. The van der Waals surface area contributed by atoms with Crippen molar-refractivity contribution in [3.8, 4) is 0 Å². The average Bonchev–Trinajstić information content (AvgIpc) is 2.90. The Morgan fingerprint density at radius 2 is 1.51 bits per heavy atom. The van der Waals surface area contributed by atoms with Crippen LogP contribution in [0.25, 0.3) is 0 Å². The number of carbonyl (C=O) groups is 3. The lowest BCUT2D eigenvalue weighted by Gasteiger charge is -2.18. The number of carboxylic acids is 1. The first-order chi connectivity index (χ1) is 17.8. The quantitative estimate of drug-likeness (QED) is 0.232. The number of carbonyl (C=O) groups excluding carboxylic acids is 2. The maximum atomic E-state index is 13.9. The number of anilines is 2. The van der Waals surface area contributed by atoms with Gasteiger partial charge < -0.3 is 15.7 Å². The summed E-state index contributed by atoms with van der Waals surface area (Å²) in [4.78, 5) is 37.9. The summed E-state index contributed by atoms with van der Waals surface area (Å²) in [5.41, 5.74) is 2.46. The Hall–Kier alpha value is -4.43. The molecule has 0 aliphatic carbocycles. The molecule has 186 valence electrons. The predicted molar refractivity (Wildman–Crippen MR) is 143 cm³/mol. The molecule has 1 unspecified atom stereocenters. The van der Waals surface area contributed by atoms with Gasteiger partial charge in [-0.05, 0) is 66.6 Å². The first-order valence-electron chi connectivity index (χ1n) is 11.3. The van der Waals surface area contributed by atoms with Gasteiger partial charge in [-0.25, -0.2) is 9.18 Å². The minimum absolute atomic E-state index is 0.0518. The van der Waals surface area contributed by atoms with Crippen LogP contribution in [0.2, 0.25) is 0 Å². The number of amides is 2. The van der Waals surface area contributed by atoms with Gasteiger partial charge in [-0.1, -0.05) is 48.5 Å². The van der Waals surface area contributed by atoms with Gasteiger partial charge in [0.25, 0.3) is 5.91 Å². The molecule has 4 aromatic carbocycles. The van der Waals surface area contributed by atoms with Crippen LogP contribution < -0.4 is 10.6 Å².